The van der Waals surface area contributed by atoms with Crippen LogP contribution in [0.1, 0.15) is 0 Å². The van der Waals surface area contributed by atoms with Gasteiger partial charge in [-0.15, -0.1) is 4.40 Å². The number of alkyl halides is 3. The Balaban J connectivity index is 3.35. The van der Waals surface area contributed by atoms with Gasteiger partial charge in [-0.25, -0.2) is 4.79 Å². The molecule has 9 heteroatoms. The van der Waals surface area contributed by atoms with E-state index in [2.05, 4.69) is 9.13 Å². The predicted molar refractivity (Wildman–Crippen MR) is 59.1 cm³/mol. The molecule has 0 spiro atoms. The number of nitrogens with zero attached hydrogens (tertiary/aromatic N) is 1. The number of ether oxygens (including phenoxy) is 1. The van der Waals surface area contributed by atoms with Crippen LogP contribution in [0.25, 0.3) is 0 Å². The van der Waals surface area contributed by atoms with Crippen molar-refractivity contribution in [3.8, 4) is 0 Å². The molecule has 0 aromatic heterocycles. The lowest BCUT2D eigenvalue weighted by molar-refractivity contribution is -0.137. The first kappa shape index (κ1) is 15.2. The third kappa shape index (κ3) is 3.78. The van der Waals surface area contributed by atoms with Gasteiger partial charge >= 0.3 is 12.1 Å². The Morgan fingerprint density at radius 2 is 1.74 bits per heavy atom. The molecule has 5 nitrogen and oxygen atoms in total. The van der Waals surface area contributed by atoms with Crippen LogP contribution in [-0.2, 0) is 19.6 Å². The van der Waals surface area contributed by atoms with Crippen molar-refractivity contribution in [1.29, 1.82) is 0 Å². The smallest absolute Gasteiger partial charge is 0.441 e. The van der Waals surface area contributed by atoms with E-state index in [9.17, 15) is 26.4 Å². The quantitative estimate of drug-likeness (QED) is 0.626. The van der Waals surface area contributed by atoms with Crippen LogP contribution in [0.15, 0.2) is 39.6 Å². The normalized spacial score (nSPS) is 13.2. The molecule has 1 rings (SSSR count). The van der Waals surface area contributed by atoms with Gasteiger partial charge in [0.05, 0.1) is 12.0 Å². The van der Waals surface area contributed by atoms with Crippen LogP contribution in [-0.4, -0.2) is 33.4 Å². The molecule has 0 fully saturated rings. The second-order valence-electron chi connectivity index (χ2n) is 3.22. The molecule has 1 aromatic carbocycles. The zero-order chi connectivity index (χ0) is 14.7. The summed E-state index contributed by atoms with van der Waals surface area (Å²) in [6.07, 6.45) is -5.23. The van der Waals surface area contributed by atoms with Crippen molar-refractivity contribution in [2.45, 2.75) is 11.1 Å². The van der Waals surface area contributed by atoms with Crippen LogP contribution >= 0.6 is 0 Å². The van der Waals surface area contributed by atoms with E-state index >= 15 is 0 Å². The molecule has 0 aliphatic rings. The summed E-state index contributed by atoms with van der Waals surface area (Å²) in [5, 5.41) is 0. The van der Waals surface area contributed by atoms with Crippen LogP contribution in [0, 0.1) is 0 Å². The van der Waals surface area contributed by atoms with Crippen LogP contribution in [0.4, 0.5) is 13.2 Å². The van der Waals surface area contributed by atoms with Gasteiger partial charge < -0.3 is 4.74 Å². The van der Waals surface area contributed by atoms with E-state index in [1.807, 2.05) is 0 Å². The summed E-state index contributed by atoms with van der Waals surface area (Å²) in [5.74, 6) is -1.87. The predicted octanol–water partition coefficient (Wildman–Crippen LogP) is 1.55. The van der Waals surface area contributed by atoms with Crippen LogP contribution < -0.4 is 0 Å². The standard InChI is InChI=1S/C10H8F3NO4S/c1-18-9(15)8(10(11,12)13)14-19(16,17)7-5-3-2-4-6-7/h2-6H,1H3/b14-8-. The number of rotatable bonds is 3. The highest BCUT2D eigenvalue weighted by Gasteiger charge is 2.43. The van der Waals surface area contributed by atoms with Gasteiger partial charge in [-0.2, -0.15) is 21.6 Å². The molecule has 0 heterocycles. The number of hydrogen-bond acceptors (Lipinski definition) is 4. The third-order valence-electron chi connectivity index (χ3n) is 1.90. The van der Waals surface area contributed by atoms with Gasteiger partial charge in [0.25, 0.3) is 10.0 Å². The van der Waals surface area contributed by atoms with Crippen molar-refractivity contribution in [3.05, 3.63) is 30.3 Å². The minimum atomic E-state index is -5.23. The van der Waals surface area contributed by atoms with Crippen molar-refractivity contribution in [2.24, 2.45) is 4.40 Å². The second kappa shape index (κ2) is 5.39. The third-order valence-corrected chi connectivity index (χ3v) is 3.19. The molecule has 0 atom stereocenters. The zero-order valence-corrected chi connectivity index (χ0v) is 10.3. The van der Waals surface area contributed by atoms with Crippen molar-refractivity contribution < 1.29 is 31.1 Å². The molecule has 0 saturated heterocycles. The summed E-state index contributed by atoms with van der Waals surface area (Å²) in [7, 11) is -3.94. The Bertz CT molecular complexity index is 593. The highest BCUT2D eigenvalue weighted by Crippen LogP contribution is 2.21. The fraction of sp³-hybridized carbons (Fsp3) is 0.200. The lowest BCUT2D eigenvalue weighted by atomic mass is 10.4. The average molecular weight is 295 g/mol. The molecule has 104 valence electrons. The van der Waals surface area contributed by atoms with Gasteiger partial charge in [0.15, 0.2) is 0 Å². The molecule has 0 aliphatic carbocycles. The number of esters is 1. The van der Waals surface area contributed by atoms with E-state index in [0.717, 1.165) is 12.1 Å². The molecule has 0 amide bonds. The van der Waals surface area contributed by atoms with E-state index in [4.69, 9.17) is 0 Å². The van der Waals surface area contributed by atoms with E-state index < -0.39 is 32.8 Å². The summed E-state index contributed by atoms with van der Waals surface area (Å²) in [5.41, 5.74) is -2.13. The molecule has 0 aliphatic heterocycles. The number of hydrogen-bond donors (Lipinski definition) is 0. The highest BCUT2D eigenvalue weighted by molar-refractivity contribution is 7.90. The van der Waals surface area contributed by atoms with Gasteiger partial charge in [0.2, 0.25) is 5.71 Å². The van der Waals surface area contributed by atoms with Gasteiger partial charge in [-0.1, -0.05) is 18.2 Å². The minimum Gasteiger partial charge on any atom is -0.464 e. The summed E-state index contributed by atoms with van der Waals surface area (Å²) in [6, 6.07) is 6.23. The largest absolute Gasteiger partial charge is 0.464 e. The molecule has 0 radical (unpaired) electrons. The first-order valence-corrected chi connectivity index (χ1v) is 6.18. The second-order valence-corrected chi connectivity index (χ2v) is 4.82. The lowest BCUT2D eigenvalue weighted by Crippen LogP contribution is -2.33. The van der Waals surface area contributed by atoms with Gasteiger partial charge in [-0.05, 0) is 12.1 Å². The lowest BCUT2D eigenvalue weighted by Gasteiger charge is -2.08. The SMILES string of the molecule is COC(=O)/C(=N/S(=O)(=O)c1ccccc1)C(F)(F)F. The molecular formula is C10H8F3NO4S. The van der Waals surface area contributed by atoms with E-state index in [0.29, 0.717) is 7.11 Å². The molecule has 0 saturated carbocycles. The first-order chi connectivity index (χ1) is 8.68. The molecule has 0 unspecified atom stereocenters. The molecule has 19 heavy (non-hydrogen) atoms. The van der Waals surface area contributed by atoms with Gasteiger partial charge in [0, 0.05) is 0 Å². The Hall–Kier alpha value is -1.90. The number of carbonyl (C=O) groups excluding carboxylic acids is 1. The maximum absolute atomic E-state index is 12.5. The van der Waals surface area contributed by atoms with Crippen molar-refractivity contribution >= 4 is 21.7 Å². The Morgan fingerprint density at radius 3 is 2.16 bits per heavy atom. The first-order valence-electron chi connectivity index (χ1n) is 4.74. The summed E-state index contributed by atoms with van der Waals surface area (Å²) in [6.45, 7) is 0. The van der Waals surface area contributed by atoms with E-state index in [-0.39, 0.29) is 0 Å². The van der Waals surface area contributed by atoms with E-state index in [1.165, 1.54) is 18.2 Å². The zero-order valence-electron chi connectivity index (χ0n) is 9.51. The minimum absolute atomic E-state index is 0.458. The Labute approximate surface area is 106 Å². The topological polar surface area (TPSA) is 72.8 Å². The number of methoxy groups -OCH3 is 1. The average Bonchev–Trinajstić information content (AvgIpc) is 2.35. The fourth-order valence-corrected chi connectivity index (χ4v) is 2.09. The van der Waals surface area contributed by atoms with E-state index in [1.54, 1.807) is 0 Å². The van der Waals surface area contributed by atoms with Gasteiger partial charge in [0.1, 0.15) is 0 Å². The van der Waals surface area contributed by atoms with Crippen LogP contribution in [0.2, 0.25) is 0 Å². The number of carbonyl (C=O) groups is 1. The number of halogens is 3. The Morgan fingerprint density at radius 1 is 1.21 bits per heavy atom. The summed E-state index contributed by atoms with van der Waals surface area (Å²) >= 11 is 0. The number of benzene rings is 1. The van der Waals surface area contributed by atoms with Crippen LogP contribution in [0.3, 0.4) is 0 Å². The van der Waals surface area contributed by atoms with Crippen molar-refractivity contribution in [2.75, 3.05) is 7.11 Å². The van der Waals surface area contributed by atoms with Crippen LogP contribution in [0.5, 0.6) is 0 Å². The maximum atomic E-state index is 12.5. The molecule has 0 bridgehead atoms. The Kier molecular flexibility index (Phi) is 4.30. The molecular weight excluding hydrogens is 287 g/mol. The molecule has 1 aromatic rings. The number of sulfonamides is 1. The fourth-order valence-electron chi connectivity index (χ4n) is 1.07. The maximum Gasteiger partial charge on any atom is 0.441 e. The van der Waals surface area contributed by atoms with Crippen molar-refractivity contribution in [1.82, 2.24) is 0 Å². The van der Waals surface area contributed by atoms with Crippen molar-refractivity contribution in [3.63, 3.8) is 0 Å². The summed E-state index contributed by atoms with van der Waals surface area (Å²) in [4.78, 5) is 10.5. The monoisotopic (exact) mass is 295 g/mol. The molecule has 0 N–H and O–H groups in total. The summed E-state index contributed by atoms with van der Waals surface area (Å²) < 4.78 is 67.1. The highest BCUT2D eigenvalue weighted by atomic mass is 32.2. The van der Waals surface area contributed by atoms with Gasteiger partial charge in [-0.3, -0.25) is 0 Å².